The third-order valence-electron chi connectivity index (χ3n) is 11.4. The molecule has 4 rings (SSSR count). The Morgan fingerprint density at radius 3 is 1.64 bits per heavy atom. The molecular formula is C52H67ClO14. The number of ether oxygens (including phenoxy) is 8. The minimum absolute atomic E-state index is 0.228. The van der Waals surface area contributed by atoms with Crippen LogP contribution in [0.2, 0.25) is 0 Å². The van der Waals surface area contributed by atoms with Crippen molar-refractivity contribution in [2.45, 2.75) is 135 Å². The smallest absolute Gasteiger partial charge is 0.338 e. The first kappa shape index (κ1) is 54.0. The normalized spacial score (nSPS) is 18.4. The number of hydrogen-bond acceptors (Lipinski definition) is 14. The van der Waals surface area contributed by atoms with Crippen molar-refractivity contribution in [2.75, 3.05) is 32.3 Å². The molecule has 0 radical (unpaired) electrons. The highest BCUT2D eigenvalue weighted by Gasteiger charge is 2.31. The second-order valence-electron chi connectivity index (χ2n) is 16.8. The van der Waals surface area contributed by atoms with E-state index in [0.29, 0.717) is 112 Å². The Morgan fingerprint density at radius 2 is 1.09 bits per heavy atom. The van der Waals surface area contributed by atoms with Crippen molar-refractivity contribution in [2.24, 2.45) is 11.8 Å². The van der Waals surface area contributed by atoms with Crippen molar-refractivity contribution < 1.29 is 66.7 Å². The summed E-state index contributed by atoms with van der Waals surface area (Å²) in [5.74, 6) is -0.524. The summed E-state index contributed by atoms with van der Waals surface area (Å²) >= 11 is 5.52. The van der Waals surface area contributed by atoms with Gasteiger partial charge in [0.15, 0.2) is 0 Å². The molecule has 0 amide bonds. The fraction of sp³-hybridized carbons (Fsp3) is 0.538. The number of rotatable bonds is 28. The van der Waals surface area contributed by atoms with Crippen LogP contribution in [0.25, 0.3) is 0 Å². The van der Waals surface area contributed by atoms with Crippen LogP contribution in [0.3, 0.4) is 0 Å². The highest BCUT2D eigenvalue weighted by molar-refractivity contribution is 6.18. The van der Waals surface area contributed by atoms with E-state index in [-0.39, 0.29) is 54.3 Å². The van der Waals surface area contributed by atoms with E-state index >= 15 is 0 Å². The van der Waals surface area contributed by atoms with E-state index in [0.717, 1.165) is 57.4 Å². The van der Waals surface area contributed by atoms with E-state index < -0.39 is 17.9 Å². The van der Waals surface area contributed by atoms with Gasteiger partial charge in [0.05, 0.1) is 50.2 Å². The van der Waals surface area contributed by atoms with Crippen molar-refractivity contribution >= 4 is 47.4 Å². The summed E-state index contributed by atoms with van der Waals surface area (Å²) in [4.78, 5) is 73.9. The van der Waals surface area contributed by atoms with Gasteiger partial charge in [-0.05, 0) is 177 Å². The van der Waals surface area contributed by atoms with Gasteiger partial charge in [0.2, 0.25) is 0 Å². The van der Waals surface area contributed by atoms with E-state index in [2.05, 4.69) is 6.58 Å². The Hall–Kier alpha value is -5.63. The molecule has 0 aromatic heterocycles. The van der Waals surface area contributed by atoms with E-state index in [1.807, 2.05) is 0 Å². The number of carbonyl (C=O) groups excluding carboxylic acids is 6. The van der Waals surface area contributed by atoms with Gasteiger partial charge in [0.25, 0.3) is 0 Å². The molecule has 0 spiro atoms. The van der Waals surface area contributed by atoms with Gasteiger partial charge in [0.1, 0.15) is 35.2 Å². The first-order chi connectivity index (χ1) is 32.4. The molecule has 0 bridgehead atoms. The standard InChI is InChI=1S/C52H67ClO14/c1-4-47(54)62-35-11-7-5-10-34-61-43-27-29-46(30-28-43)67-52(59)41-19-23-44(24-20-41)65-49(56)37(2)13-14-38(3)64-50(57)39-17-25-45(26-18-39)66-51(58)40-15-21-42(22-16-40)60-33-9-6-8-12-36-63-48(55)31-32-53/h4,13-16,21-22,27-30,39,41,44-45H,1,5-12,17-20,23-26,31-36H2,2-3H3/b37-13+,38-14+/t39-,41-,44-,45-. The molecule has 0 N–H and O–H groups in total. The second kappa shape index (κ2) is 30.6. The Kier molecular flexibility index (Phi) is 24.7. The summed E-state index contributed by atoms with van der Waals surface area (Å²) in [7, 11) is 0. The Morgan fingerprint density at radius 1 is 0.597 bits per heavy atom. The van der Waals surface area contributed by atoms with Gasteiger partial charge in [-0.15, -0.1) is 11.6 Å². The number of allylic oxidation sites excluding steroid dienone is 3. The monoisotopic (exact) mass is 950 g/mol. The molecule has 15 heteroatoms. The van der Waals surface area contributed by atoms with Gasteiger partial charge < -0.3 is 37.9 Å². The number of halogens is 1. The molecule has 0 unspecified atom stereocenters. The number of hydrogen-bond donors (Lipinski definition) is 0. The summed E-state index contributed by atoms with van der Waals surface area (Å²) < 4.78 is 44.3. The van der Waals surface area contributed by atoms with Crippen LogP contribution in [0.5, 0.6) is 17.2 Å². The summed E-state index contributed by atoms with van der Waals surface area (Å²) in [5.41, 5.74) is 0.770. The molecule has 0 saturated heterocycles. The zero-order valence-electron chi connectivity index (χ0n) is 39.0. The molecule has 0 heterocycles. The first-order valence-corrected chi connectivity index (χ1v) is 24.1. The van der Waals surface area contributed by atoms with Crippen molar-refractivity contribution in [1.82, 2.24) is 0 Å². The Balaban J connectivity index is 1.05. The molecular weight excluding hydrogens is 884 g/mol. The Labute approximate surface area is 399 Å². The molecule has 2 aromatic carbocycles. The lowest BCUT2D eigenvalue weighted by molar-refractivity contribution is -0.148. The van der Waals surface area contributed by atoms with Crippen LogP contribution in [0, 0.1) is 11.8 Å². The minimum Gasteiger partial charge on any atom is -0.494 e. The molecule has 2 aromatic rings. The number of benzene rings is 2. The molecule has 67 heavy (non-hydrogen) atoms. The predicted octanol–water partition coefficient (Wildman–Crippen LogP) is 10.3. The average molecular weight is 952 g/mol. The largest absolute Gasteiger partial charge is 0.494 e. The third-order valence-corrected chi connectivity index (χ3v) is 11.6. The van der Waals surface area contributed by atoms with Crippen LogP contribution in [-0.4, -0.2) is 80.3 Å². The van der Waals surface area contributed by atoms with Crippen LogP contribution in [0.4, 0.5) is 0 Å². The van der Waals surface area contributed by atoms with Crippen LogP contribution >= 0.6 is 11.6 Å². The van der Waals surface area contributed by atoms with E-state index in [4.69, 9.17) is 49.5 Å². The summed E-state index contributed by atoms with van der Waals surface area (Å²) in [6.07, 6.45) is 15.2. The van der Waals surface area contributed by atoms with E-state index in [1.165, 1.54) is 0 Å². The number of unbranched alkanes of at least 4 members (excludes halogenated alkanes) is 6. The molecule has 2 saturated carbocycles. The maximum atomic E-state index is 12.9. The summed E-state index contributed by atoms with van der Waals surface area (Å²) in [6.45, 7) is 8.52. The number of esters is 6. The van der Waals surface area contributed by atoms with Crippen LogP contribution in [-0.2, 0) is 47.7 Å². The summed E-state index contributed by atoms with van der Waals surface area (Å²) in [6, 6.07) is 13.8. The zero-order valence-corrected chi connectivity index (χ0v) is 39.8. The number of alkyl halides is 1. The van der Waals surface area contributed by atoms with Gasteiger partial charge >= 0.3 is 35.8 Å². The predicted molar refractivity (Wildman–Crippen MR) is 251 cm³/mol. The summed E-state index contributed by atoms with van der Waals surface area (Å²) in [5, 5.41) is 0. The molecule has 0 aliphatic heterocycles. The maximum absolute atomic E-state index is 12.9. The van der Waals surface area contributed by atoms with Gasteiger partial charge in [-0.25, -0.2) is 14.4 Å². The van der Waals surface area contributed by atoms with Crippen LogP contribution in [0.15, 0.2) is 84.7 Å². The molecule has 14 nitrogen and oxygen atoms in total. The molecule has 2 aliphatic carbocycles. The van der Waals surface area contributed by atoms with Crippen LogP contribution < -0.4 is 14.2 Å². The average Bonchev–Trinajstić information content (AvgIpc) is 3.33. The highest BCUT2D eigenvalue weighted by Crippen LogP contribution is 2.30. The van der Waals surface area contributed by atoms with Crippen LogP contribution in [0.1, 0.15) is 133 Å². The lowest BCUT2D eigenvalue weighted by Crippen LogP contribution is -2.30. The SMILES string of the molecule is C=CC(=O)OCCCCCCOc1ccc(OC(=O)[C@H]2CC[C@H](OC(=O)/C(C)=C/C=C(\C)OC(=O)[C@H]3CC[C@H](OC(=O)c4ccc(OCCCCCCOC(=O)CCCl)cc4)CC3)CC2)cc1. The molecule has 0 atom stereocenters. The minimum atomic E-state index is -0.479. The lowest BCUT2D eigenvalue weighted by atomic mass is 9.87. The van der Waals surface area contributed by atoms with Gasteiger partial charge in [-0.3, -0.25) is 14.4 Å². The van der Waals surface area contributed by atoms with Crippen molar-refractivity contribution in [3.05, 3.63) is 90.2 Å². The van der Waals surface area contributed by atoms with Crippen molar-refractivity contribution in [3.8, 4) is 17.2 Å². The van der Waals surface area contributed by atoms with Gasteiger partial charge in [0, 0.05) is 17.5 Å². The fourth-order valence-electron chi connectivity index (χ4n) is 7.44. The molecule has 366 valence electrons. The van der Waals surface area contributed by atoms with E-state index in [9.17, 15) is 28.8 Å². The molecule has 2 fully saturated rings. The van der Waals surface area contributed by atoms with Crippen molar-refractivity contribution in [1.29, 1.82) is 0 Å². The Bertz CT molecular complexity index is 1940. The first-order valence-electron chi connectivity index (χ1n) is 23.6. The topological polar surface area (TPSA) is 176 Å². The number of carbonyl (C=O) groups is 6. The van der Waals surface area contributed by atoms with E-state index in [1.54, 1.807) is 74.5 Å². The molecule has 2 aliphatic rings. The third kappa shape index (κ3) is 21.3. The van der Waals surface area contributed by atoms with Gasteiger partial charge in [-0.2, -0.15) is 0 Å². The van der Waals surface area contributed by atoms with Crippen molar-refractivity contribution in [3.63, 3.8) is 0 Å². The van der Waals surface area contributed by atoms with Gasteiger partial charge in [-0.1, -0.05) is 6.58 Å². The highest BCUT2D eigenvalue weighted by atomic mass is 35.5. The quantitative estimate of drug-likeness (QED) is 0.0115. The maximum Gasteiger partial charge on any atom is 0.338 e. The lowest BCUT2D eigenvalue weighted by Gasteiger charge is -2.27. The fourth-order valence-corrected chi connectivity index (χ4v) is 7.59. The second-order valence-corrected chi connectivity index (χ2v) is 17.2. The zero-order chi connectivity index (χ0) is 48.2.